The molecule has 0 aliphatic carbocycles. The molecule has 2 atom stereocenters. The molecular weight excluding hydrogens is 370 g/mol. The molecule has 0 saturated carbocycles. The van der Waals surface area contributed by atoms with Crippen molar-refractivity contribution in [1.82, 2.24) is 10.6 Å². The smallest absolute Gasteiger partial charge is 0.235 e. The van der Waals surface area contributed by atoms with Crippen LogP contribution in [0.4, 0.5) is 5.69 Å². The maximum absolute atomic E-state index is 13.2. The molecule has 3 N–H and O–H groups in total. The van der Waals surface area contributed by atoms with E-state index in [-0.39, 0.29) is 11.9 Å². The van der Waals surface area contributed by atoms with Crippen molar-refractivity contribution >= 4 is 28.9 Å². The molecule has 5 nitrogen and oxygen atoms in total. The standard InChI is InChI=1S/C22H25N3O2S/c1-5-27-17-11-9-16(10-12-17)20-19(15(4)23-22(28)25-20)21(26)24-18-8-6-7-13(2)14(18)3/h6-12,19-20H,4-5H2,1-3H3,(H,24,26)(H2,23,25,28)/t19-,20+/m1/s1. The van der Waals surface area contributed by atoms with Crippen LogP contribution in [-0.4, -0.2) is 17.6 Å². The van der Waals surface area contributed by atoms with Crippen LogP contribution in [0.1, 0.15) is 29.7 Å². The van der Waals surface area contributed by atoms with E-state index in [4.69, 9.17) is 17.0 Å². The Morgan fingerprint density at radius 2 is 1.93 bits per heavy atom. The highest BCUT2D eigenvalue weighted by atomic mass is 32.1. The molecule has 1 amide bonds. The molecule has 2 aromatic carbocycles. The molecule has 1 fully saturated rings. The molecule has 0 aromatic heterocycles. The molecule has 1 aliphatic heterocycles. The number of carbonyl (C=O) groups excluding carboxylic acids is 1. The van der Waals surface area contributed by atoms with E-state index >= 15 is 0 Å². The number of benzene rings is 2. The first kappa shape index (κ1) is 19.9. The normalized spacial score (nSPS) is 18.8. The van der Waals surface area contributed by atoms with Gasteiger partial charge in [-0.2, -0.15) is 0 Å². The Bertz CT molecular complexity index is 908. The van der Waals surface area contributed by atoms with Crippen LogP contribution in [0.2, 0.25) is 0 Å². The summed E-state index contributed by atoms with van der Waals surface area (Å²) in [7, 11) is 0. The van der Waals surface area contributed by atoms with E-state index in [0.717, 1.165) is 28.1 Å². The Morgan fingerprint density at radius 1 is 1.21 bits per heavy atom. The number of amides is 1. The van der Waals surface area contributed by atoms with E-state index in [1.807, 2.05) is 63.2 Å². The van der Waals surface area contributed by atoms with Crippen molar-refractivity contribution < 1.29 is 9.53 Å². The first-order chi connectivity index (χ1) is 13.4. The molecule has 1 aliphatic rings. The van der Waals surface area contributed by atoms with E-state index < -0.39 is 5.92 Å². The quantitative estimate of drug-likeness (QED) is 0.668. The van der Waals surface area contributed by atoms with E-state index in [0.29, 0.717) is 17.4 Å². The first-order valence-electron chi connectivity index (χ1n) is 9.27. The zero-order valence-corrected chi connectivity index (χ0v) is 17.2. The summed E-state index contributed by atoms with van der Waals surface area (Å²) in [5, 5.41) is 9.72. The Labute approximate surface area is 171 Å². The SMILES string of the molecule is C=C1NC(=S)N[C@@H](c2ccc(OCC)cc2)[C@@H]1C(=O)Nc1cccc(C)c1C. The van der Waals surface area contributed by atoms with Crippen molar-refractivity contribution in [2.75, 3.05) is 11.9 Å². The number of carbonyl (C=O) groups is 1. The molecule has 1 saturated heterocycles. The largest absolute Gasteiger partial charge is 0.494 e. The van der Waals surface area contributed by atoms with Crippen LogP contribution in [0.5, 0.6) is 5.75 Å². The average molecular weight is 396 g/mol. The topological polar surface area (TPSA) is 62.4 Å². The van der Waals surface area contributed by atoms with Crippen molar-refractivity contribution in [3.8, 4) is 5.75 Å². The highest BCUT2D eigenvalue weighted by Crippen LogP contribution is 2.32. The number of thiocarbonyl (C=S) groups is 1. The fourth-order valence-corrected chi connectivity index (χ4v) is 3.56. The summed E-state index contributed by atoms with van der Waals surface area (Å²) in [5.74, 6) is 0.127. The Balaban J connectivity index is 1.88. The minimum absolute atomic E-state index is 0.139. The minimum Gasteiger partial charge on any atom is -0.494 e. The van der Waals surface area contributed by atoms with Crippen molar-refractivity contribution in [3.05, 3.63) is 71.4 Å². The van der Waals surface area contributed by atoms with E-state index in [1.54, 1.807) is 0 Å². The van der Waals surface area contributed by atoms with Gasteiger partial charge in [-0.15, -0.1) is 0 Å². The van der Waals surface area contributed by atoms with Gasteiger partial charge in [-0.25, -0.2) is 0 Å². The third-order valence-corrected chi connectivity index (χ3v) is 5.18. The second kappa shape index (κ2) is 8.44. The molecule has 28 heavy (non-hydrogen) atoms. The number of aryl methyl sites for hydroxylation is 1. The lowest BCUT2D eigenvalue weighted by molar-refractivity contribution is -0.119. The molecule has 0 bridgehead atoms. The van der Waals surface area contributed by atoms with E-state index in [9.17, 15) is 4.79 Å². The van der Waals surface area contributed by atoms with Crippen LogP contribution in [0.3, 0.4) is 0 Å². The van der Waals surface area contributed by atoms with Gasteiger partial charge in [0.2, 0.25) is 5.91 Å². The monoisotopic (exact) mass is 395 g/mol. The van der Waals surface area contributed by atoms with Crippen LogP contribution in [0.15, 0.2) is 54.7 Å². The predicted molar refractivity (Wildman–Crippen MR) is 116 cm³/mol. The lowest BCUT2D eigenvalue weighted by Gasteiger charge is -2.35. The van der Waals surface area contributed by atoms with Crippen LogP contribution >= 0.6 is 12.2 Å². The number of hydrogen-bond acceptors (Lipinski definition) is 3. The van der Waals surface area contributed by atoms with Gasteiger partial charge in [0, 0.05) is 11.4 Å². The van der Waals surface area contributed by atoms with Gasteiger partial charge in [0.1, 0.15) is 11.7 Å². The third kappa shape index (κ3) is 4.17. The van der Waals surface area contributed by atoms with Gasteiger partial charge in [-0.05, 0) is 67.9 Å². The zero-order valence-electron chi connectivity index (χ0n) is 16.3. The van der Waals surface area contributed by atoms with Gasteiger partial charge < -0.3 is 20.7 Å². The van der Waals surface area contributed by atoms with Crippen LogP contribution in [0, 0.1) is 19.8 Å². The molecule has 0 spiro atoms. The van der Waals surface area contributed by atoms with E-state index in [1.165, 1.54) is 0 Å². The second-order valence-corrected chi connectivity index (χ2v) is 7.23. The summed E-state index contributed by atoms with van der Waals surface area (Å²) in [6.07, 6.45) is 0. The Hall–Kier alpha value is -2.86. The summed E-state index contributed by atoms with van der Waals surface area (Å²) in [5.41, 5.74) is 4.49. The van der Waals surface area contributed by atoms with Gasteiger partial charge in [0.05, 0.1) is 12.6 Å². The molecule has 146 valence electrons. The summed E-state index contributed by atoms with van der Waals surface area (Å²) < 4.78 is 5.51. The van der Waals surface area contributed by atoms with Gasteiger partial charge >= 0.3 is 0 Å². The molecule has 0 unspecified atom stereocenters. The molecule has 0 radical (unpaired) electrons. The zero-order chi connectivity index (χ0) is 20.3. The highest BCUT2D eigenvalue weighted by molar-refractivity contribution is 7.80. The summed E-state index contributed by atoms with van der Waals surface area (Å²) in [4.78, 5) is 13.2. The summed E-state index contributed by atoms with van der Waals surface area (Å²) in [6.45, 7) is 10.6. The summed E-state index contributed by atoms with van der Waals surface area (Å²) >= 11 is 5.29. The maximum atomic E-state index is 13.2. The molecule has 2 aromatic rings. The molecular formula is C22H25N3O2S. The number of rotatable bonds is 5. The van der Waals surface area contributed by atoms with E-state index in [2.05, 4.69) is 22.5 Å². The fraction of sp³-hybridized carbons (Fsp3) is 0.273. The predicted octanol–water partition coefficient (Wildman–Crippen LogP) is 3.99. The fourth-order valence-electron chi connectivity index (χ4n) is 3.31. The van der Waals surface area contributed by atoms with Crippen LogP contribution < -0.4 is 20.7 Å². The second-order valence-electron chi connectivity index (χ2n) is 6.82. The van der Waals surface area contributed by atoms with Gasteiger partial charge in [-0.1, -0.05) is 30.8 Å². The maximum Gasteiger partial charge on any atom is 0.235 e. The highest BCUT2D eigenvalue weighted by Gasteiger charge is 2.36. The van der Waals surface area contributed by atoms with Gasteiger partial charge in [0.15, 0.2) is 5.11 Å². The Morgan fingerprint density at radius 3 is 2.61 bits per heavy atom. The lowest BCUT2D eigenvalue weighted by Crippen LogP contribution is -2.51. The van der Waals surface area contributed by atoms with Crippen molar-refractivity contribution in [2.24, 2.45) is 5.92 Å². The molecule has 6 heteroatoms. The summed E-state index contributed by atoms with van der Waals surface area (Å²) in [6, 6.07) is 13.2. The molecule has 3 rings (SSSR count). The molecule has 1 heterocycles. The third-order valence-electron chi connectivity index (χ3n) is 4.96. The van der Waals surface area contributed by atoms with Crippen molar-refractivity contribution in [1.29, 1.82) is 0 Å². The van der Waals surface area contributed by atoms with Crippen LogP contribution in [0.25, 0.3) is 0 Å². The van der Waals surface area contributed by atoms with Crippen LogP contribution in [-0.2, 0) is 4.79 Å². The van der Waals surface area contributed by atoms with Crippen molar-refractivity contribution in [3.63, 3.8) is 0 Å². The minimum atomic E-state index is -0.524. The number of ether oxygens (including phenoxy) is 1. The number of anilines is 1. The average Bonchev–Trinajstić information content (AvgIpc) is 2.65. The van der Waals surface area contributed by atoms with Gasteiger partial charge in [0.25, 0.3) is 0 Å². The Kier molecular flexibility index (Phi) is 5.99. The first-order valence-corrected chi connectivity index (χ1v) is 9.67. The number of hydrogen-bond donors (Lipinski definition) is 3. The van der Waals surface area contributed by atoms with Crippen molar-refractivity contribution in [2.45, 2.75) is 26.8 Å². The number of nitrogens with one attached hydrogen (secondary N) is 3. The lowest BCUT2D eigenvalue weighted by atomic mass is 9.88. The van der Waals surface area contributed by atoms with Gasteiger partial charge in [-0.3, -0.25) is 4.79 Å².